The van der Waals surface area contributed by atoms with Gasteiger partial charge in [0.25, 0.3) is 11.8 Å². The molecule has 0 fully saturated rings. The molecule has 0 saturated carbocycles. The van der Waals surface area contributed by atoms with Crippen LogP contribution in [0.1, 0.15) is 39.4 Å². The van der Waals surface area contributed by atoms with Crippen molar-refractivity contribution in [2.75, 3.05) is 13.6 Å². The van der Waals surface area contributed by atoms with E-state index in [1.807, 2.05) is 30.3 Å². The molecule has 0 spiro atoms. The molecule has 0 N–H and O–H groups in total. The van der Waals surface area contributed by atoms with Crippen LogP contribution in [-0.2, 0) is 11.3 Å². The van der Waals surface area contributed by atoms with Crippen LogP contribution in [0.5, 0.6) is 0 Å². The van der Waals surface area contributed by atoms with Gasteiger partial charge in [0, 0.05) is 25.6 Å². The Hall–Kier alpha value is -3.81. The zero-order valence-corrected chi connectivity index (χ0v) is 16.4. The molecule has 1 aliphatic rings. The standard InChI is InChI=1S/C22H20N4O4/c1-25(14-18-23-24-20(30-18)15-8-3-2-4-9-15)19(27)12-7-13-26-21(28)16-10-5-6-11-17(16)22(26)29/h2-6,8-11H,7,12-14H2,1H3. The van der Waals surface area contributed by atoms with Gasteiger partial charge in [-0.1, -0.05) is 30.3 Å². The maximum absolute atomic E-state index is 12.4. The first kappa shape index (κ1) is 19.5. The zero-order valence-electron chi connectivity index (χ0n) is 16.4. The summed E-state index contributed by atoms with van der Waals surface area (Å²) in [6.45, 7) is 0.385. The van der Waals surface area contributed by atoms with E-state index in [1.165, 1.54) is 9.80 Å². The average Bonchev–Trinajstić information content (AvgIpc) is 3.33. The summed E-state index contributed by atoms with van der Waals surface area (Å²) in [6.07, 6.45) is 0.581. The molecular weight excluding hydrogens is 384 g/mol. The molecule has 0 saturated heterocycles. The van der Waals surface area contributed by atoms with Gasteiger partial charge in [-0.05, 0) is 30.7 Å². The smallest absolute Gasteiger partial charge is 0.261 e. The van der Waals surface area contributed by atoms with Gasteiger partial charge in [-0.25, -0.2) is 0 Å². The van der Waals surface area contributed by atoms with Crippen molar-refractivity contribution >= 4 is 17.7 Å². The Morgan fingerprint density at radius 2 is 1.60 bits per heavy atom. The highest BCUT2D eigenvalue weighted by atomic mass is 16.4. The van der Waals surface area contributed by atoms with Crippen molar-refractivity contribution in [3.05, 3.63) is 71.6 Å². The van der Waals surface area contributed by atoms with Gasteiger partial charge in [0.1, 0.15) is 0 Å². The Labute approximate surface area is 173 Å². The van der Waals surface area contributed by atoms with E-state index < -0.39 is 0 Å². The van der Waals surface area contributed by atoms with Crippen molar-refractivity contribution in [1.29, 1.82) is 0 Å². The van der Waals surface area contributed by atoms with Crippen LogP contribution in [0.15, 0.2) is 59.0 Å². The van der Waals surface area contributed by atoms with Gasteiger partial charge < -0.3 is 9.32 Å². The van der Waals surface area contributed by atoms with Crippen molar-refractivity contribution < 1.29 is 18.8 Å². The Bertz CT molecular complexity index is 1060. The molecule has 152 valence electrons. The van der Waals surface area contributed by atoms with Crippen LogP contribution in [0, 0.1) is 0 Å². The van der Waals surface area contributed by atoms with E-state index in [0.717, 1.165) is 5.56 Å². The topological polar surface area (TPSA) is 96.6 Å². The first-order valence-electron chi connectivity index (χ1n) is 9.61. The second-order valence-electron chi connectivity index (χ2n) is 7.03. The number of hydrogen-bond donors (Lipinski definition) is 0. The van der Waals surface area contributed by atoms with Gasteiger partial charge in [0.15, 0.2) is 0 Å². The van der Waals surface area contributed by atoms with Gasteiger partial charge in [0.05, 0.1) is 17.7 Å². The SMILES string of the molecule is CN(Cc1nnc(-c2ccccc2)o1)C(=O)CCCN1C(=O)c2ccccc2C1=O. The third-order valence-electron chi connectivity index (χ3n) is 4.94. The molecule has 0 bridgehead atoms. The third kappa shape index (κ3) is 3.84. The largest absolute Gasteiger partial charge is 0.419 e. The summed E-state index contributed by atoms with van der Waals surface area (Å²) in [4.78, 5) is 39.8. The lowest BCUT2D eigenvalue weighted by molar-refractivity contribution is -0.130. The molecule has 0 unspecified atom stereocenters. The summed E-state index contributed by atoms with van der Waals surface area (Å²) < 4.78 is 5.63. The second kappa shape index (κ2) is 8.28. The Morgan fingerprint density at radius 3 is 2.27 bits per heavy atom. The van der Waals surface area contributed by atoms with Gasteiger partial charge in [-0.15, -0.1) is 10.2 Å². The van der Waals surface area contributed by atoms with Crippen molar-refractivity contribution in [2.24, 2.45) is 0 Å². The number of fused-ring (bicyclic) bond motifs is 1. The van der Waals surface area contributed by atoms with Crippen LogP contribution < -0.4 is 0 Å². The van der Waals surface area contributed by atoms with Crippen LogP contribution in [0.2, 0.25) is 0 Å². The van der Waals surface area contributed by atoms with Gasteiger partial charge in [0.2, 0.25) is 17.7 Å². The van der Waals surface area contributed by atoms with Crippen molar-refractivity contribution in [1.82, 2.24) is 20.0 Å². The fourth-order valence-corrected chi connectivity index (χ4v) is 3.33. The van der Waals surface area contributed by atoms with Gasteiger partial charge in [-0.2, -0.15) is 0 Å². The average molecular weight is 404 g/mol. The van der Waals surface area contributed by atoms with Gasteiger partial charge in [-0.3, -0.25) is 19.3 Å². The molecular formula is C22H20N4O4. The summed E-state index contributed by atoms with van der Waals surface area (Å²) in [7, 11) is 1.65. The lowest BCUT2D eigenvalue weighted by Gasteiger charge is -2.17. The van der Waals surface area contributed by atoms with Crippen LogP contribution in [0.25, 0.3) is 11.5 Å². The van der Waals surface area contributed by atoms with Crippen LogP contribution >= 0.6 is 0 Å². The zero-order chi connectivity index (χ0) is 21.1. The predicted octanol–water partition coefficient (Wildman–Crippen LogP) is 2.77. The molecule has 3 amide bonds. The summed E-state index contributed by atoms with van der Waals surface area (Å²) in [6, 6.07) is 16.1. The first-order valence-corrected chi connectivity index (χ1v) is 9.61. The number of carbonyl (C=O) groups is 3. The quantitative estimate of drug-likeness (QED) is 0.562. The van der Waals surface area contributed by atoms with Gasteiger partial charge >= 0.3 is 0 Å². The van der Waals surface area contributed by atoms with Crippen molar-refractivity contribution in [2.45, 2.75) is 19.4 Å². The predicted molar refractivity (Wildman–Crippen MR) is 107 cm³/mol. The highest BCUT2D eigenvalue weighted by Crippen LogP contribution is 2.23. The van der Waals surface area contributed by atoms with E-state index in [-0.39, 0.29) is 37.2 Å². The van der Waals surface area contributed by atoms with E-state index in [1.54, 1.807) is 31.3 Å². The molecule has 8 heteroatoms. The monoisotopic (exact) mass is 404 g/mol. The molecule has 30 heavy (non-hydrogen) atoms. The van der Waals surface area contributed by atoms with E-state index in [4.69, 9.17) is 4.42 Å². The van der Waals surface area contributed by atoms with E-state index in [9.17, 15) is 14.4 Å². The number of benzene rings is 2. The molecule has 0 atom stereocenters. The number of amides is 3. The third-order valence-corrected chi connectivity index (χ3v) is 4.94. The van der Waals surface area contributed by atoms with Crippen molar-refractivity contribution in [3.8, 4) is 11.5 Å². The number of hydrogen-bond acceptors (Lipinski definition) is 6. The lowest BCUT2D eigenvalue weighted by atomic mass is 10.1. The van der Waals surface area contributed by atoms with Crippen molar-refractivity contribution in [3.63, 3.8) is 0 Å². The number of nitrogens with zero attached hydrogens (tertiary/aromatic N) is 4. The number of rotatable bonds is 7. The Kier molecular flexibility index (Phi) is 5.38. The van der Waals surface area contributed by atoms with E-state index in [0.29, 0.717) is 29.3 Å². The maximum atomic E-state index is 12.4. The molecule has 3 aromatic rings. The fraction of sp³-hybridized carbons (Fsp3) is 0.227. The highest BCUT2D eigenvalue weighted by Gasteiger charge is 2.34. The summed E-state index contributed by atoms with van der Waals surface area (Å²) in [5.41, 5.74) is 1.64. The second-order valence-corrected chi connectivity index (χ2v) is 7.03. The Balaban J connectivity index is 1.28. The summed E-state index contributed by atoms with van der Waals surface area (Å²) >= 11 is 0. The van der Waals surface area contributed by atoms with Crippen LogP contribution in [0.3, 0.4) is 0 Å². The molecule has 2 heterocycles. The van der Waals surface area contributed by atoms with E-state index >= 15 is 0 Å². The minimum absolute atomic E-state index is 0.133. The Morgan fingerprint density at radius 1 is 0.967 bits per heavy atom. The summed E-state index contributed by atoms with van der Waals surface area (Å²) in [5, 5.41) is 8.01. The number of imide groups is 1. The number of aromatic nitrogens is 2. The summed E-state index contributed by atoms with van der Waals surface area (Å²) in [5.74, 6) is -0.0143. The first-order chi connectivity index (χ1) is 14.5. The highest BCUT2D eigenvalue weighted by molar-refractivity contribution is 6.21. The molecule has 8 nitrogen and oxygen atoms in total. The fourth-order valence-electron chi connectivity index (χ4n) is 3.33. The molecule has 4 rings (SSSR count). The van der Waals surface area contributed by atoms with Crippen LogP contribution in [0.4, 0.5) is 0 Å². The van der Waals surface area contributed by atoms with Crippen LogP contribution in [-0.4, -0.2) is 51.3 Å². The number of carbonyl (C=O) groups excluding carboxylic acids is 3. The molecule has 0 aliphatic carbocycles. The molecule has 1 aliphatic heterocycles. The normalized spacial score (nSPS) is 12.9. The molecule has 2 aromatic carbocycles. The lowest BCUT2D eigenvalue weighted by Crippen LogP contribution is -2.32. The maximum Gasteiger partial charge on any atom is 0.261 e. The minimum atomic E-state index is -0.310. The molecule has 0 radical (unpaired) electrons. The minimum Gasteiger partial charge on any atom is -0.419 e. The van der Waals surface area contributed by atoms with E-state index in [2.05, 4.69) is 10.2 Å². The molecule has 1 aromatic heterocycles.